The number of amides is 1. The summed E-state index contributed by atoms with van der Waals surface area (Å²) >= 11 is 0. The number of nitrogens with one attached hydrogen (secondary N) is 3. The Hall–Kier alpha value is -3.00. The van der Waals surface area contributed by atoms with Gasteiger partial charge in [-0.05, 0) is 6.08 Å². The topological polar surface area (TPSA) is 89.8 Å². The van der Waals surface area contributed by atoms with Crippen LogP contribution < -0.4 is 16.1 Å². The number of rotatable bonds is 4. The molecule has 0 unspecified atom stereocenters. The molecule has 4 heterocycles. The van der Waals surface area contributed by atoms with E-state index in [1.807, 2.05) is 4.90 Å². The number of aliphatic imine (C=N–C) groups is 1. The van der Waals surface area contributed by atoms with Gasteiger partial charge in [-0.15, -0.1) is 0 Å². The molecule has 1 fully saturated rings. The molecule has 9 nitrogen and oxygen atoms in total. The zero-order chi connectivity index (χ0) is 22.2. The van der Waals surface area contributed by atoms with E-state index in [1.165, 1.54) is 5.01 Å². The molecule has 0 spiro atoms. The van der Waals surface area contributed by atoms with Gasteiger partial charge >= 0.3 is 6.18 Å². The van der Waals surface area contributed by atoms with E-state index < -0.39 is 36.4 Å². The Bertz CT molecular complexity index is 945. The Balaban J connectivity index is 1.59. The summed E-state index contributed by atoms with van der Waals surface area (Å²) < 4.78 is 65.4. The van der Waals surface area contributed by atoms with Gasteiger partial charge in [0.05, 0.1) is 11.3 Å². The lowest BCUT2D eigenvalue weighted by Gasteiger charge is -2.31. The van der Waals surface area contributed by atoms with E-state index in [9.17, 15) is 26.7 Å². The Kier molecular flexibility index (Phi) is 5.66. The average molecular weight is 446 g/mol. The van der Waals surface area contributed by atoms with Gasteiger partial charge in [0.15, 0.2) is 11.5 Å². The normalized spacial score (nSPS) is 19.2. The van der Waals surface area contributed by atoms with Crippen molar-refractivity contribution in [2.75, 3.05) is 38.0 Å². The summed E-state index contributed by atoms with van der Waals surface area (Å²) in [5.41, 5.74) is 0.890. The minimum absolute atomic E-state index is 0.0381. The van der Waals surface area contributed by atoms with E-state index >= 15 is 0 Å². The molecule has 1 amide bonds. The third kappa shape index (κ3) is 4.54. The van der Waals surface area contributed by atoms with Crippen LogP contribution in [0.3, 0.4) is 0 Å². The Morgan fingerprint density at radius 3 is 2.68 bits per heavy atom. The van der Waals surface area contributed by atoms with Crippen LogP contribution in [-0.4, -0.2) is 70.6 Å². The molecule has 168 valence electrons. The highest BCUT2D eigenvalue weighted by Crippen LogP contribution is 2.34. The third-order valence-electron chi connectivity index (χ3n) is 4.84. The number of carbonyl (C=O) groups excluding carboxylic acids is 1. The summed E-state index contributed by atoms with van der Waals surface area (Å²) in [6, 6.07) is 0. The summed E-state index contributed by atoms with van der Waals surface area (Å²) in [4.78, 5) is 19.3. The SMILES string of the molecule is O=C(Nc1cn(CC(F)F)nc1C(F)(F)F)C1=C2N=C(N3CCNCC3)C=CN2NC1. The van der Waals surface area contributed by atoms with Crippen molar-refractivity contribution in [3.63, 3.8) is 0 Å². The summed E-state index contributed by atoms with van der Waals surface area (Å²) in [6.45, 7) is 2.03. The number of hydrogen-bond acceptors (Lipinski definition) is 7. The number of carbonyl (C=O) groups is 1. The number of fused-ring (bicyclic) bond motifs is 1. The molecule has 1 saturated heterocycles. The molecule has 0 bridgehead atoms. The quantitative estimate of drug-likeness (QED) is 0.598. The second-order valence-corrected chi connectivity index (χ2v) is 6.99. The molecule has 1 aromatic heterocycles. The van der Waals surface area contributed by atoms with Gasteiger partial charge < -0.3 is 15.5 Å². The van der Waals surface area contributed by atoms with Gasteiger partial charge in [-0.25, -0.2) is 19.2 Å². The van der Waals surface area contributed by atoms with Gasteiger partial charge in [0.25, 0.3) is 12.3 Å². The Labute approximate surface area is 173 Å². The molecule has 4 rings (SSSR count). The number of piperazine rings is 1. The summed E-state index contributed by atoms with van der Waals surface area (Å²) in [7, 11) is 0. The lowest BCUT2D eigenvalue weighted by molar-refractivity contribution is -0.141. The fourth-order valence-corrected chi connectivity index (χ4v) is 3.40. The predicted molar refractivity (Wildman–Crippen MR) is 99.7 cm³/mol. The van der Waals surface area contributed by atoms with Crippen LogP contribution in [0.2, 0.25) is 0 Å². The number of aromatic nitrogens is 2. The van der Waals surface area contributed by atoms with Crippen molar-refractivity contribution >= 4 is 17.4 Å². The summed E-state index contributed by atoms with van der Waals surface area (Å²) in [5.74, 6) is 0.0790. The smallest absolute Gasteiger partial charge is 0.354 e. The highest BCUT2D eigenvalue weighted by Gasteiger charge is 2.39. The highest BCUT2D eigenvalue weighted by atomic mass is 19.4. The van der Waals surface area contributed by atoms with Crippen molar-refractivity contribution in [1.29, 1.82) is 0 Å². The molecule has 14 heteroatoms. The monoisotopic (exact) mass is 446 g/mol. The number of alkyl halides is 5. The zero-order valence-electron chi connectivity index (χ0n) is 16.1. The maximum Gasteiger partial charge on any atom is 0.437 e. The van der Waals surface area contributed by atoms with Gasteiger partial charge in [-0.2, -0.15) is 18.3 Å². The Morgan fingerprint density at radius 2 is 2.00 bits per heavy atom. The van der Waals surface area contributed by atoms with Crippen LogP contribution in [0, 0.1) is 0 Å². The van der Waals surface area contributed by atoms with Crippen LogP contribution in [0.5, 0.6) is 0 Å². The molecule has 1 aromatic rings. The maximum atomic E-state index is 13.3. The first-order chi connectivity index (χ1) is 14.7. The van der Waals surface area contributed by atoms with Crippen LogP contribution in [-0.2, 0) is 17.5 Å². The molecular weight excluding hydrogens is 427 g/mol. The molecule has 3 aliphatic heterocycles. The van der Waals surface area contributed by atoms with E-state index in [0.717, 1.165) is 32.4 Å². The number of anilines is 1. The summed E-state index contributed by atoms with van der Waals surface area (Å²) in [5, 5.41) is 10.0. The predicted octanol–water partition coefficient (Wildman–Crippen LogP) is 0.968. The van der Waals surface area contributed by atoms with Gasteiger partial charge in [0, 0.05) is 45.1 Å². The van der Waals surface area contributed by atoms with Crippen LogP contribution in [0.25, 0.3) is 0 Å². The number of nitrogens with zero attached hydrogens (tertiary/aromatic N) is 5. The zero-order valence-corrected chi connectivity index (χ0v) is 16.1. The first kappa shape index (κ1) is 21.2. The maximum absolute atomic E-state index is 13.3. The minimum atomic E-state index is -4.92. The third-order valence-corrected chi connectivity index (χ3v) is 4.84. The van der Waals surface area contributed by atoms with Crippen molar-refractivity contribution in [3.05, 3.63) is 35.6 Å². The summed E-state index contributed by atoms with van der Waals surface area (Å²) in [6.07, 6.45) is -3.61. The van der Waals surface area contributed by atoms with Crippen molar-refractivity contribution in [2.24, 2.45) is 4.99 Å². The van der Waals surface area contributed by atoms with Crippen molar-refractivity contribution in [3.8, 4) is 0 Å². The van der Waals surface area contributed by atoms with E-state index in [2.05, 4.69) is 26.2 Å². The Morgan fingerprint density at radius 1 is 1.26 bits per heavy atom. The van der Waals surface area contributed by atoms with Crippen molar-refractivity contribution < 1.29 is 26.7 Å². The number of halogens is 5. The largest absolute Gasteiger partial charge is 0.437 e. The molecule has 0 atom stereocenters. The second-order valence-electron chi connectivity index (χ2n) is 6.99. The number of hydrazine groups is 1. The van der Waals surface area contributed by atoms with E-state index in [1.54, 1.807) is 12.3 Å². The standard InChI is InChI=1S/C17H19F5N8O/c18-12(19)9-29-8-11(14(27-29)17(20,21)22)25-16(31)10-7-24-30-4-1-13(26-15(10)30)28-5-2-23-3-6-28/h1,4,8,12,23-24H,2-3,5-7,9H2,(H,25,31). The van der Waals surface area contributed by atoms with Gasteiger partial charge in [-0.1, -0.05) is 0 Å². The molecule has 3 aliphatic rings. The lowest BCUT2D eigenvalue weighted by Crippen LogP contribution is -2.46. The molecule has 3 N–H and O–H groups in total. The molecule has 0 aromatic carbocycles. The first-order valence-corrected chi connectivity index (χ1v) is 9.45. The van der Waals surface area contributed by atoms with Crippen molar-refractivity contribution in [2.45, 2.75) is 19.1 Å². The molecule has 31 heavy (non-hydrogen) atoms. The average Bonchev–Trinajstić information content (AvgIpc) is 3.31. The minimum Gasteiger partial charge on any atom is -0.354 e. The van der Waals surface area contributed by atoms with Gasteiger partial charge in [0.1, 0.15) is 12.4 Å². The molecule has 0 radical (unpaired) electrons. The molecule has 0 saturated carbocycles. The highest BCUT2D eigenvalue weighted by molar-refractivity contribution is 6.06. The van der Waals surface area contributed by atoms with Crippen LogP contribution in [0.4, 0.5) is 27.6 Å². The van der Waals surface area contributed by atoms with Crippen LogP contribution in [0.1, 0.15) is 5.69 Å². The number of amidine groups is 1. The first-order valence-electron chi connectivity index (χ1n) is 9.45. The van der Waals surface area contributed by atoms with E-state index in [4.69, 9.17) is 0 Å². The van der Waals surface area contributed by atoms with E-state index in [0.29, 0.717) is 10.5 Å². The second kappa shape index (κ2) is 8.26. The van der Waals surface area contributed by atoms with Crippen LogP contribution in [0.15, 0.2) is 34.9 Å². The van der Waals surface area contributed by atoms with Gasteiger partial charge in [-0.3, -0.25) is 14.5 Å². The molecule has 0 aliphatic carbocycles. The lowest BCUT2D eigenvalue weighted by atomic mass is 10.2. The fraction of sp³-hybridized carbons (Fsp3) is 0.471. The molecular formula is C17H19F5N8O. The van der Waals surface area contributed by atoms with E-state index in [-0.39, 0.29) is 17.9 Å². The number of hydrogen-bond donors (Lipinski definition) is 3. The van der Waals surface area contributed by atoms with Crippen LogP contribution >= 0.6 is 0 Å². The fourth-order valence-electron chi connectivity index (χ4n) is 3.40. The van der Waals surface area contributed by atoms with Crippen molar-refractivity contribution in [1.82, 2.24) is 30.4 Å². The van der Waals surface area contributed by atoms with Gasteiger partial charge in [0.2, 0.25) is 0 Å².